The highest BCUT2D eigenvalue weighted by atomic mass is 127. The molecule has 5 rings (SSSR count). The molecule has 2 heterocycles. The molecule has 10 heteroatoms. The Morgan fingerprint density at radius 2 is 1.94 bits per heavy atom. The minimum atomic E-state index is -0.198. The molecule has 184 valence electrons. The van der Waals surface area contributed by atoms with Crippen LogP contribution in [0.2, 0.25) is 5.02 Å². The summed E-state index contributed by atoms with van der Waals surface area (Å²) in [6.45, 7) is 2.85. The van der Waals surface area contributed by atoms with Gasteiger partial charge in [0, 0.05) is 16.7 Å². The maximum atomic E-state index is 13.3. The van der Waals surface area contributed by atoms with Gasteiger partial charge in [-0.1, -0.05) is 53.8 Å². The summed E-state index contributed by atoms with van der Waals surface area (Å²) in [6, 6.07) is 16.7. The van der Waals surface area contributed by atoms with Gasteiger partial charge in [-0.25, -0.2) is 0 Å². The lowest BCUT2D eigenvalue weighted by molar-refractivity contribution is -0.113. The van der Waals surface area contributed by atoms with Crippen LogP contribution in [0.3, 0.4) is 0 Å². The summed E-state index contributed by atoms with van der Waals surface area (Å²) in [5.74, 6) is 2.26. The molecule has 0 spiro atoms. The second-order valence-corrected chi connectivity index (χ2v) is 10.9. The van der Waals surface area contributed by atoms with Crippen molar-refractivity contribution in [1.29, 1.82) is 0 Å². The van der Waals surface area contributed by atoms with E-state index in [2.05, 4.69) is 22.6 Å². The van der Waals surface area contributed by atoms with Gasteiger partial charge in [0.25, 0.3) is 5.91 Å². The zero-order valence-corrected chi connectivity index (χ0v) is 23.5. The largest absolute Gasteiger partial charge is 0.490 e. The first-order chi connectivity index (χ1) is 17.4. The second-order valence-electron chi connectivity index (χ2n) is 7.70. The number of thiocarbonyl (C=S) groups is 1. The zero-order valence-electron chi connectivity index (χ0n) is 19.0. The number of thioether (sulfide) groups is 1. The van der Waals surface area contributed by atoms with Crippen LogP contribution in [0.25, 0.3) is 6.08 Å². The average molecular weight is 652 g/mol. The Bertz CT molecular complexity index is 1400. The molecule has 0 bridgehead atoms. The molecule has 0 atom stereocenters. The van der Waals surface area contributed by atoms with Gasteiger partial charge in [0.05, 0.1) is 20.8 Å². The summed E-state index contributed by atoms with van der Waals surface area (Å²) in [5, 5.41) is 0.645. The maximum Gasteiger partial charge on any atom is 0.270 e. The van der Waals surface area contributed by atoms with Crippen LogP contribution in [0.15, 0.2) is 59.5 Å². The summed E-state index contributed by atoms with van der Waals surface area (Å²) >= 11 is 15.3. The van der Waals surface area contributed by atoms with Gasteiger partial charge in [-0.05, 0) is 71.5 Å². The fourth-order valence-corrected chi connectivity index (χ4v) is 5.98. The predicted octanol–water partition coefficient (Wildman–Crippen LogP) is 7.06. The lowest BCUT2D eigenvalue weighted by Gasteiger charge is -2.16. The van der Waals surface area contributed by atoms with E-state index in [4.69, 9.17) is 42.8 Å². The number of nitrogens with zero attached hydrogens (tertiary/aromatic N) is 1. The van der Waals surface area contributed by atoms with Crippen molar-refractivity contribution >= 4 is 80.2 Å². The molecule has 0 unspecified atom stereocenters. The van der Waals surface area contributed by atoms with Crippen molar-refractivity contribution in [2.45, 2.75) is 13.5 Å². The molecule has 1 fully saturated rings. The summed E-state index contributed by atoms with van der Waals surface area (Å²) < 4.78 is 24.1. The van der Waals surface area contributed by atoms with Crippen molar-refractivity contribution in [3.05, 3.63) is 79.2 Å². The van der Waals surface area contributed by atoms with E-state index in [0.29, 0.717) is 56.1 Å². The number of hydrogen-bond acceptors (Lipinski definition) is 7. The maximum absolute atomic E-state index is 13.3. The molecule has 0 radical (unpaired) electrons. The number of anilines is 1. The molecule has 0 aromatic heterocycles. The molecule has 3 aromatic carbocycles. The normalized spacial score (nSPS) is 15.6. The number of rotatable bonds is 7. The number of benzene rings is 3. The molecule has 1 saturated heterocycles. The molecule has 2 aliphatic rings. The van der Waals surface area contributed by atoms with Gasteiger partial charge in [0.15, 0.2) is 27.3 Å². The number of halogens is 2. The van der Waals surface area contributed by atoms with Crippen LogP contribution < -0.4 is 23.8 Å². The van der Waals surface area contributed by atoms with Gasteiger partial charge in [0.2, 0.25) is 6.79 Å². The van der Waals surface area contributed by atoms with Gasteiger partial charge in [0.1, 0.15) is 6.61 Å². The topological polar surface area (TPSA) is 57.2 Å². The van der Waals surface area contributed by atoms with Crippen LogP contribution in [-0.4, -0.2) is 23.6 Å². The van der Waals surface area contributed by atoms with Gasteiger partial charge in [-0.3, -0.25) is 9.69 Å². The summed E-state index contributed by atoms with van der Waals surface area (Å²) in [4.78, 5) is 15.3. The van der Waals surface area contributed by atoms with Gasteiger partial charge < -0.3 is 18.9 Å². The van der Waals surface area contributed by atoms with Crippen molar-refractivity contribution < 1.29 is 23.7 Å². The highest BCUT2D eigenvalue weighted by Crippen LogP contribution is 2.42. The fraction of sp³-hybridized carbons (Fsp3) is 0.154. The third-order valence-corrected chi connectivity index (χ3v) is 7.84. The first-order valence-corrected chi connectivity index (χ1v) is 13.6. The van der Waals surface area contributed by atoms with Gasteiger partial charge >= 0.3 is 0 Å². The van der Waals surface area contributed by atoms with E-state index in [1.165, 1.54) is 16.7 Å². The lowest BCUT2D eigenvalue weighted by Crippen LogP contribution is -2.27. The van der Waals surface area contributed by atoms with E-state index in [9.17, 15) is 4.79 Å². The standard InChI is InChI=1S/C26H19ClINO5S2/c1-2-31-22-10-15(9-19(28)24(22)32-13-16-5-3-4-6-18(16)27)11-23-25(30)29(26(35)36-23)17-7-8-20-21(12-17)34-14-33-20/h3-12H,2,13-14H2,1H3/b23-11+. The Morgan fingerprint density at radius 3 is 2.75 bits per heavy atom. The smallest absolute Gasteiger partial charge is 0.270 e. The van der Waals surface area contributed by atoms with Gasteiger partial charge in [-0.15, -0.1) is 0 Å². The van der Waals surface area contributed by atoms with E-state index in [0.717, 1.165) is 14.7 Å². The van der Waals surface area contributed by atoms with E-state index in [1.807, 2.05) is 49.4 Å². The number of ether oxygens (including phenoxy) is 4. The number of amides is 1. The molecule has 3 aromatic rings. The highest BCUT2D eigenvalue weighted by Gasteiger charge is 2.34. The van der Waals surface area contributed by atoms with E-state index < -0.39 is 0 Å². The van der Waals surface area contributed by atoms with Crippen LogP contribution in [0.4, 0.5) is 5.69 Å². The molecular formula is C26H19ClINO5S2. The Morgan fingerprint density at radius 1 is 1.14 bits per heavy atom. The molecule has 0 aliphatic carbocycles. The van der Waals surface area contributed by atoms with Crippen LogP contribution >= 0.6 is 58.2 Å². The Labute approximate surface area is 236 Å². The van der Waals surface area contributed by atoms with E-state index in [1.54, 1.807) is 18.2 Å². The minimum Gasteiger partial charge on any atom is -0.490 e. The fourth-order valence-electron chi connectivity index (χ4n) is 3.71. The lowest BCUT2D eigenvalue weighted by atomic mass is 10.1. The summed E-state index contributed by atoms with van der Waals surface area (Å²) in [7, 11) is 0. The number of hydrogen-bond donors (Lipinski definition) is 0. The van der Waals surface area contributed by atoms with Crippen molar-refractivity contribution in [2.24, 2.45) is 0 Å². The van der Waals surface area contributed by atoms with Crippen LogP contribution in [0.5, 0.6) is 23.0 Å². The van der Waals surface area contributed by atoms with Crippen molar-refractivity contribution in [3.63, 3.8) is 0 Å². The minimum absolute atomic E-state index is 0.163. The van der Waals surface area contributed by atoms with Crippen molar-refractivity contribution in [3.8, 4) is 23.0 Å². The Hall–Kier alpha value is -2.47. The molecule has 0 N–H and O–H groups in total. The molecule has 36 heavy (non-hydrogen) atoms. The first-order valence-electron chi connectivity index (χ1n) is 10.9. The first kappa shape index (κ1) is 25.2. The third-order valence-electron chi connectivity index (χ3n) is 5.37. The summed E-state index contributed by atoms with van der Waals surface area (Å²) in [5.41, 5.74) is 2.32. The second kappa shape index (κ2) is 10.9. The highest BCUT2D eigenvalue weighted by molar-refractivity contribution is 14.1. The van der Waals surface area contributed by atoms with Gasteiger partial charge in [-0.2, -0.15) is 0 Å². The SMILES string of the molecule is CCOc1cc(/C=C2/SC(=S)N(c3ccc4c(c3)OCO4)C2=O)cc(I)c1OCc1ccccc1Cl. The van der Waals surface area contributed by atoms with Crippen LogP contribution in [0, 0.1) is 3.57 Å². The monoisotopic (exact) mass is 651 g/mol. The predicted molar refractivity (Wildman–Crippen MR) is 154 cm³/mol. The van der Waals surface area contributed by atoms with Crippen molar-refractivity contribution in [2.75, 3.05) is 18.3 Å². The van der Waals surface area contributed by atoms with Crippen LogP contribution in [0.1, 0.15) is 18.1 Å². The third kappa shape index (κ3) is 5.15. The average Bonchev–Trinajstić information content (AvgIpc) is 3.43. The molecule has 0 saturated carbocycles. The number of fused-ring (bicyclic) bond motifs is 1. The molecule has 2 aliphatic heterocycles. The molecule has 6 nitrogen and oxygen atoms in total. The Balaban J connectivity index is 1.40. The van der Waals surface area contributed by atoms with E-state index in [-0.39, 0.29) is 12.7 Å². The summed E-state index contributed by atoms with van der Waals surface area (Å²) in [6.07, 6.45) is 1.81. The van der Waals surface area contributed by atoms with Crippen LogP contribution in [-0.2, 0) is 11.4 Å². The number of carbonyl (C=O) groups is 1. The Kier molecular flexibility index (Phi) is 7.61. The number of carbonyl (C=O) groups excluding carboxylic acids is 1. The molecule has 1 amide bonds. The molecular weight excluding hydrogens is 633 g/mol. The van der Waals surface area contributed by atoms with Crippen molar-refractivity contribution in [1.82, 2.24) is 0 Å². The zero-order chi connectivity index (χ0) is 25.2. The van der Waals surface area contributed by atoms with E-state index >= 15 is 0 Å². The quantitative estimate of drug-likeness (QED) is 0.154.